The van der Waals surface area contributed by atoms with Crippen molar-refractivity contribution in [2.45, 2.75) is 63.4 Å². The van der Waals surface area contributed by atoms with Crippen LogP contribution in [0, 0.1) is 0 Å². The highest BCUT2D eigenvalue weighted by atomic mass is 16.5. The van der Waals surface area contributed by atoms with Crippen LogP contribution in [0.25, 0.3) is 0 Å². The number of nitrogens with zero attached hydrogens (tertiary/aromatic N) is 2. The first-order valence-electron chi connectivity index (χ1n) is 18.5. The van der Waals surface area contributed by atoms with E-state index in [1.165, 1.54) is 0 Å². The van der Waals surface area contributed by atoms with E-state index in [4.69, 9.17) is 9.47 Å². The summed E-state index contributed by atoms with van der Waals surface area (Å²) in [6.45, 7) is 1.37. The number of aliphatic hydroxyl groups excluding tert-OH is 2. The van der Waals surface area contributed by atoms with Gasteiger partial charge in [-0.1, -0.05) is 146 Å². The predicted octanol–water partition coefficient (Wildman–Crippen LogP) is 8.23. The number of amides is 2. The summed E-state index contributed by atoms with van der Waals surface area (Å²) in [5, 5.41) is 24.2. The van der Waals surface area contributed by atoms with Gasteiger partial charge in [-0.25, -0.2) is 4.79 Å². The number of carbonyl (C=O) groups is 1. The van der Waals surface area contributed by atoms with Gasteiger partial charge in [-0.15, -0.1) is 0 Å². The molecule has 274 valence electrons. The molecule has 2 N–H and O–H groups in total. The third-order valence-electron chi connectivity index (χ3n) is 10.1. The molecule has 0 aromatic heterocycles. The van der Waals surface area contributed by atoms with E-state index in [2.05, 4.69) is 0 Å². The van der Waals surface area contributed by atoms with Gasteiger partial charge in [0.05, 0.1) is 12.1 Å². The predicted molar refractivity (Wildman–Crippen MR) is 211 cm³/mol. The largest absolute Gasteiger partial charge is 0.489 e. The zero-order valence-corrected chi connectivity index (χ0v) is 30.2. The minimum Gasteiger partial charge on any atom is -0.489 e. The molecule has 0 radical (unpaired) electrons. The van der Waals surface area contributed by atoms with Crippen LogP contribution in [-0.4, -0.2) is 50.3 Å². The Kier molecular flexibility index (Phi) is 12.0. The summed E-state index contributed by atoms with van der Waals surface area (Å²) < 4.78 is 12.1. The Morgan fingerprint density at radius 1 is 0.407 bits per heavy atom. The van der Waals surface area contributed by atoms with Crippen molar-refractivity contribution in [3.8, 4) is 11.5 Å². The Hall–Kier alpha value is -5.89. The van der Waals surface area contributed by atoms with Crippen molar-refractivity contribution in [1.29, 1.82) is 0 Å². The topological polar surface area (TPSA) is 82.5 Å². The molecule has 1 saturated heterocycles. The third kappa shape index (κ3) is 9.36. The molecule has 6 aromatic rings. The van der Waals surface area contributed by atoms with Crippen LogP contribution in [0.4, 0.5) is 4.79 Å². The maximum absolute atomic E-state index is 15.1. The molecule has 0 unspecified atom stereocenters. The first-order chi connectivity index (χ1) is 26.5. The van der Waals surface area contributed by atoms with Gasteiger partial charge >= 0.3 is 6.03 Å². The maximum Gasteiger partial charge on any atom is 0.321 e. The van der Waals surface area contributed by atoms with E-state index < -0.39 is 24.3 Å². The highest BCUT2D eigenvalue weighted by Crippen LogP contribution is 2.31. The fourth-order valence-corrected chi connectivity index (χ4v) is 7.07. The number of carbonyl (C=O) groups excluding carboxylic acids is 1. The second-order valence-electron chi connectivity index (χ2n) is 13.9. The van der Waals surface area contributed by atoms with Crippen LogP contribution < -0.4 is 9.47 Å². The van der Waals surface area contributed by atoms with Crippen LogP contribution in [0.5, 0.6) is 11.5 Å². The fourth-order valence-electron chi connectivity index (χ4n) is 7.07. The number of ether oxygens (including phenoxy) is 2. The van der Waals surface area contributed by atoms with E-state index >= 15 is 4.79 Å². The van der Waals surface area contributed by atoms with Gasteiger partial charge in [-0.3, -0.25) is 0 Å². The molecule has 1 aliphatic heterocycles. The van der Waals surface area contributed by atoms with Crippen LogP contribution in [0.1, 0.15) is 33.4 Å². The van der Waals surface area contributed by atoms with E-state index in [-0.39, 0.29) is 19.1 Å². The minimum atomic E-state index is -1.21. The lowest BCUT2D eigenvalue weighted by Gasteiger charge is -2.36. The van der Waals surface area contributed by atoms with Gasteiger partial charge in [0, 0.05) is 13.1 Å². The quantitative estimate of drug-likeness (QED) is 0.119. The molecule has 0 saturated carbocycles. The molecule has 1 heterocycles. The van der Waals surface area contributed by atoms with Crippen LogP contribution in [0.15, 0.2) is 170 Å². The number of urea groups is 1. The van der Waals surface area contributed by atoms with E-state index in [0.29, 0.717) is 26.1 Å². The Morgan fingerprint density at radius 2 is 0.722 bits per heavy atom. The number of rotatable bonds is 14. The van der Waals surface area contributed by atoms with E-state index in [9.17, 15) is 10.2 Å². The summed E-state index contributed by atoms with van der Waals surface area (Å²) in [5.41, 5.74) is 5.86. The third-order valence-corrected chi connectivity index (χ3v) is 10.1. The Morgan fingerprint density at radius 3 is 1.06 bits per heavy atom. The van der Waals surface area contributed by atoms with Crippen molar-refractivity contribution >= 4 is 6.03 Å². The molecule has 7 nitrogen and oxygen atoms in total. The van der Waals surface area contributed by atoms with Crippen molar-refractivity contribution in [1.82, 2.24) is 9.80 Å². The zero-order valence-electron chi connectivity index (χ0n) is 30.2. The maximum atomic E-state index is 15.1. The molecule has 1 fully saturated rings. The summed E-state index contributed by atoms with van der Waals surface area (Å²) in [6, 6.07) is 53.5. The van der Waals surface area contributed by atoms with Crippen LogP contribution in [-0.2, 0) is 39.1 Å². The molecular formula is C47H46N2O5. The fraction of sp³-hybridized carbons (Fsp3) is 0.213. The first kappa shape index (κ1) is 36.5. The summed E-state index contributed by atoms with van der Waals surface area (Å²) >= 11 is 0. The number of aliphatic hydroxyl groups is 2. The Balaban J connectivity index is 1.18. The first-order valence-corrected chi connectivity index (χ1v) is 18.5. The van der Waals surface area contributed by atoms with E-state index in [1.54, 1.807) is 9.80 Å². The molecule has 0 bridgehead atoms. The summed E-state index contributed by atoms with van der Waals surface area (Å²) in [6.07, 6.45) is -1.67. The van der Waals surface area contributed by atoms with Crippen LogP contribution >= 0.6 is 0 Å². The summed E-state index contributed by atoms with van der Waals surface area (Å²) in [5.74, 6) is 1.45. The standard InChI is InChI=1S/C47H46N2O5/c50-45-43(29-35-13-5-1-6-14-35)48(31-37-21-25-41(26-22-37)53-33-39-17-9-3-10-18-39)47(52)49(44(46(45)51)30-36-15-7-2-8-16-36)32-38-23-27-42(28-24-38)54-34-40-19-11-4-12-20-40/h1-28,43-46,50-51H,29-34H2/t43-,44-,45+,46+/m1/s1. The van der Waals surface area contributed by atoms with Gasteiger partial charge in [-0.2, -0.15) is 0 Å². The van der Waals surface area contributed by atoms with Crippen molar-refractivity contribution in [3.05, 3.63) is 203 Å². The Labute approximate surface area is 317 Å². The van der Waals surface area contributed by atoms with Crippen LogP contribution in [0.2, 0.25) is 0 Å². The van der Waals surface area contributed by atoms with Crippen molar-refractivity contribution < 1.29 is 24.5 Å². The van der Waals surface area contributed by atoms with Gasteiger partial charge in [0.1, 0.15) is 36.9 Å². The molecule has 1 aliphatic rings. The van der Waals surface area contributed by atoms with Gasteiger partial charge in [0.15, 0.2) is 0 Å². The zero-order chi connectivity index (χ0) is 37.1. The molecule has 7 rings (SSSR count). The van der Waals surface area contributed by atoms with E-state index in [0.717, 1.165) is 44.9 Å². The molecule has 54 heavy (non-hydrogen) atoms. The lowest BCUT2D eigenvalue weighted by atomic mass is 9.91. The van der Waals surface area contributed by atoms with Gasteiger partial charge in [0.2, 0.25) is 0 Å². The van der Waals surface area contributed by atoms with Gasteiger partial charge in [-0.05, 0) is 70.5 Å². The molecule has 2 amide bonds. The molecule has 0 aliphatic carbocycles. The molecule has 4 atom stereocenters. The average Bonchev–Trinajstić information content (AvgIpc) is 3.28. The van der Waals surface area contributed by atoms with E-state index in [1.807, 2.05) is 170 Å². The summed E-state index contributed by atoms with van der Waals surface area (Å²) in [4.78, 5) is 18.6. The Bertz CT molecular complexity index is 1880. The number of hydrogen-bond acceptors (Lipinski definition) is 5. The number of hydrogen-bond donors (Lipinski definition) is 2. The highest BCUT2D eigenvalue weighted by molar-refractivity contribution is 5.76. The van der Waals surface area contributed by atoms with Gasteiger partial charge in [0.25, 0.3) is 0 Å². The monoisotopic (exact) mass is 718 g/mol. The van der Waals surface area contributed by atoms with Crippen molar-refractivity contribution in [2.75, 3.05) is 0 Å². The molecule has 0 spiro atoms. The SMILES string of the molecule is O=C1N(Cc2ccc(OCc3ccccc3)cc2)[C@H](Cc2ccccc2)[C@H](O)[C@@H](O)[C@@H](Cc2ccccc2)N1Cc1ccc(OCc2ccccc2)cc1. The second kappa shape index (κ2) is 17.8. The molecule has 7 heteroatoms. The molecular weight excluding hydrogens is 673 g/mol. The second-order valence-corrected chi connectivity index (χ2v) is 13.9. The smallest absolute Gasteiger partial charge is 0.321 e. The lowest BCUT2D eigenvalue weighted by molar-refractivity contribution is -0.0408. The van der Waals surface area contributed by atoms with Gasteiger partial charge < -0.3 is 29.5 Å². The van der Waals surface area contributed by atoms with Crippen molar-refractivity contribution in [2.24, 2.45) is 0 Å². The lowest BCUT2D eigenvalue weighted by Crippen LogP contribution is -2.50. The normalized spacial score (nSPS) is 18.6. The number of benzene rings is 6. The average molecular weight is 719 g/mol. The highest BCUT2D eigenvalue weighted by Gasteiger charge is 2.46. The van der Waals surface area contributed by atoms with Crippen molar-refractivity contribution in [3.63, 3.8) is 0 Å². The van der Waals surface area contributed by atoms with Crippen LogP contribution in [0.3, 0.4) is 0 Å². The molecule has 6 aromatic carbocycles. The summed E-state index contributed by atoms with van der Waals surface area (Å²) in [7, 11) is 0. The minimum absolute atomic E-state index is 0.236.